The van der Waals surface area contributed by atoms with Crippen molar-refractivity contribution >= 4 is 0 Å². The summed E-state index contributed by atoms with van der Waals surface area (Å²) in [6, 6.07) is 18.4. The number of ether oxygens (including phenoxy) is 2. The van der Waals surface area contributed by atoms with Gasteiger partial charge in [0.15, 0.2) is 5.76 Å². The molecular weight excluding hydrogens is 340 g/mol. The Bertz CT molecular complexity index is 892. The zero-order valence-electron chi connectivity index (χ0n) is 15.7. The fourth-order valence-electron chi connectivity index (χ4n) is 3.80. The number of likely N-dealkylation sites (tertiary alicyclic amines) is 1. The first-order chi connectivity index (χ1) is 13.3. The lowest BCUT2D eigenvalue weighted by Crippen LogP contribution is -2.23. The highest BCUT2D eigenvalue weighted by Gasteiger charge is 2.29. The van der Waals surface area contributed by atoms with Crippen LogP contribution in [0.25, 0.3) is 11.3 Å². The summed E-state index contributed by atoms with van der Waals surface area (Å²) < 4.78 is 16.6. The molecule has 1 aliphatic rings. The molecule has 1 aromatic heterocycles. The van der Waals surface area contributed by atoms with Gasteiger partial charge in [0.25, 0.3) is 0 Å². The third kappa shape index (κ3) is 3.69. The molecule has 0 aliphatic carbocycles. The number of nitrogens with zero attached hydrogens (tertiary/aromatic N) is 2. The van der Waals surface area contributed by atoms with Gasteiger partial charge in [-0.1, -0.05) is 35.5 Å². The van der Waals surface area contributed by atoms with Gasteiger partial charge in [-0.25, -0.2) is 0 Å². The average Bonchev–Trinajstić information content (AvgIpc) is 3.38. The molecule has 5 nitrogen and oxygen atoms in total. The largest absolute Gasteiger partial charge is 0.497 e. The summed E-state index contributed by atoms with van der Waals surface area (Å²) in [7, 11) is 3.41. The van der Waals surface area contributed by atoms with Gasteiger partial charge >= 0.3 is 0 Å². The van der Waals surface area contributed by atoms with Crippen LogP contribution in [0.15, 0.2) is 59.1 Å². The summed E-state index contributed by atoms with van der Waals surface area (Å²) in [6.07, 6.45) is 2.23. The fraction of sp³-hybridized carbons (Fsp3) is 0.318. The molecule has 27 heavy (non-hydrogen) atoms. The SMILES string of the molecule is COc1ccc(OC)c(C2CCCN2Cc2cc(-c3ccccc3)no2)c1. The van der Waals surface area contributed by atoms with Crippen LogP contribution in [-0.2, 0) is 6.54 Å². The van der Waals surface area contributed by atoms with E-state index in [1.165, 1.54) is 0 Å². The lowest BCUT2D eigenvalue weighted by Gasteiger charge is -2.25. The topological polar surface area (TPSA) is 47.7 Å². The number of aromatic nitrogens is 1. The van der Waals surface area contributed by atoms with Crippen LogP contribution in [0.4, 0.5) is 0 Å². The van der Waals surface area contributed by atoms with E-state index in [0.29, 0.717) is 0 Å². The molecule has 2 aromatic carbocycles. The molecule has 0 saturated carbocycles. The molecule has 1 unspecified atom stereocenters. The van der Waals surface area contributed by atoms with E-state index in [4.69, 9.17) is 14.0 Å². The van der Waals surface area contributed by atoms with Gasteiger partial charge in [0.2, 0.25) is 0 Å². The van der Waals surface area contributed by atoms with E-state index in [9.17, 15) is 0 Å². The van der Waals surface area contributed by atoms with E-state index in [-0.39, 0.29) is 6.04 Å². The minimum atomic E-state index is 0.278. The van der Waals surface area contributed by atoms with E-state index in [1.54, 1.807) is 14.2 Å². The van der Waals surface area contributed by atoms with Crippen molar-refractivity contribution in [3.8, 4) is 22.8 Å². The molecule has 0 bridgehead atoms. The van der Waals surface area contributed by atoms with Crippen LogP contribution < -0.4 is 9.47 Å². The van der Waals surface area contributed by atoms with Crippen LogP contribution in [0.5, 0.6) is 11.5 Å². The summed E-state index contributed by atoms with van der Waals surface area (Å²) in [6.45, 7) is 1.75. The normalized spacial score (nSPS) is 17.2. The van der Waals surface area contributed by atoms with Crippen LogP contribution in [0, 0.1) is 0 Å². The Labute approximate surface area is 159 Å². The Balaban J connectivity index is 1.55. The first kappa shape index (κ1) is 17.6. The van der Waals surface area contributed by atoms with Crippen LogP contribution in [0.3, 0.4) is 0 Å². The van der Waals surface area contributed by atoms with E-state index < -0.39 is 0 Å². The van der Waals surface area contributed by atoms with Gasteiger partial charge in [0.1, 0.15) is 17.2 Å². The average molecular weight is 364 g/mol. The van der Waals surface area contributed by atoms with Crippen molar-refractivity contribution in [3.63, 3.8) is 0 Å². The molecule has 5 heteroatoms. The van der Waals surface area contributed by atoms with Gasteiger partial charge in [0.05, 0.1) is 20.8 Å². The zero-order valence-corrected chi connectivity index (χ0v) is 15.7. The molecule has 3 aromatic rings. The van der Waals surface area contributed by atoms with Crippen LogP contribution >= 0.6 is 0 Å². The highest BCUT2D eigenvalue weighted by molar-refractivity contribution is 5.58. The molecule has 2 heterocycles. The summed E-state index contributed by atoms with van der Waals surface area (Å²) in [5.41, 5.74) is 3.11. The predicted molar refractivity (Wildman–Crippen MR) is 104 cm³/mol. The second-order valence-corrected chi connectivity index (χ2v) is 6.78. The first-order valence-electron chi connectivity index (χ1n) is 9.25. The van der Waals surface area contributed by atoms with Crippen molar-refractivity contribution < 1.29 is 14.0 Å². The fourth-order valence-corrected chi connectivity index (χ4v) is 3.80. The summed E-state index contributed by atoms with van der Waals surface area (Å²) in [4.78, 5) is 2.42. The molecule has 4 rings (SSSR count). The van der Waals surface area contributed by atoms with Gasteiger partial charge < -0.3 is 14.0 Å². The van der Waals surface area contributed by atoms with Crippen molar-refractivity contribution in [2.75, 3.05) is 20.8 Å². The molecule has 1 fully saturated rings. The number of benzene rings is 2. The summed E-state index contributed by atoms with van der Waals surface area (Å²) in [5.74, 6) is 2.63. The highest BCUT2D eigenvalue weighted by Crippen LogP contribution is 2.39. The second-order valence-electron chi connectivity index (χ2n) is 6.78. The van der Waals surface area contributed by atoms with Gasteiger partial charge in [-0.3, -0.25) is 4.90 Å². The number of hydrogen-bond donors (Lipinski definition) is 0. The van der Waals surface area contributed by atoms with E-state index >= 15 is 0 Å². The van der Waals surface area contributed by atoms with Crippen molar-refractivity contribution in [1.29, 1.82) is 0 Å². The smallest absolute Gasteiger partial charge is 0.151 e. The lowest BCUT2D eigenvalue weighted by molar-refractivity contribution is 0.213. The van der Waals surface area contributed by atoms with E-state index in [0.717, 1.165) is 60.0 Å². The van der Waals surface area contributed by atoms with Crippen LogP contribution in [-0.4, -0.2) is 30.8 Å². The Kier molecular flexibility index (Phi) is 5.12. The van der Waals surface area contributed by atoms with Crippen molar-refractivity contribution in [2.45, 2.75) is 25.4 Å². The van der Waals surface area contributed by atoms with E-state index in [2.05, 4.69) is 16.1 Å². The Morgan fingerprint density at radius 3 is 2.70 bits per heavy atom. The number of rotatable bonds is 6. The second kappa shape index (κ2) is 7.84. The Morgan fingerprint density at radius 2 is 1.93 bits per heavy atom. The number of methoxy groups -OCH3 is 2. The van der Waals surface area contributed by atoms with Gasteiger partial charge in [-0.2, -0.15) is 0 Å². The summed E-state index contributed by atoms with van der Waals surface area (Å²) >= 11 is 0. The minimum absolute atomic E-state index is 0.278. The summed E-state index contributed by atoms with van der Waals surface area (Å²) in [5, 5.41) is 4.24. The van der Waals surface area contributed by atoms with Crippen molar-refractivity contribution in [2.24, 2.45) is 0 Å². The molecule has 0 N–H and O–H groups in total. The van der Waals surface area contributed by atoms with Gasteiger partial charge in [-0.15, -0.1) is 0 Å². The first-order valence-corrected chi connectivity index (χ1v) is 9.25. The van der Waals surface area contributed by atoms with Crippen LogP contribution in [0.1, 0.15) is 30.2 Å². The third-order valence-corrected chi connectivity index (χ3v) is 5.15. The van der Waals surface area contributed by atoms with Crippen molar-refractivity contribution in [1.82, 2.24) is 10.1 Å². The molecule has 1 aliphatic heterocycles. The lowest BCUT2D eigenvalue weighted by atomic mass is 10.0. The number of hydrogen-bond acceptors (Lipinski definition) is 5. The Hall–Kier alpha value is -2.79. The zero-order chi connectivity index (χ0) is 18.6. The molecule has 1 saturated heterocycles. The van der Waals surface area contributed by atoms with Crippen molar-refractivity contribution in [3.05, 3.63) is 65.9 Å². The molecule has 0 amide bonds. The maximum atomic E-state index is 5.62. The third-order valence-electron chi connectivity index (χ3n) is 5.15. The monoisotopic (exact) mass is 364 g/mol. The van der Waals surface area contributed by atoms with E-state index in [1.807, 2.05) is 48.5 Å². The molecule has 140 valence electrons. The Morgan fingerprint density at radius 1 is 1.07 bits per heavy atom. The standard InChI is InChI=1S/C22H24N2O3/c1-25-17-10-11-22(26-2)19(13-17)21-9-6-12-24(21)15-18-14-20(23-27-18)16-7-4-3-5-8-16/h3-5,7-8,10-11,13-14,21H,6,9,12,15H2,1-2H3. The van der Waals surface area contributed by atoms with Gasteiger partial charge in [-0.05, 0) is 37.6 Å². The maximum absolute atomic E-state index is 5.62. The molecule has 0 spiro atoms. The maximum Gasteiger partial charge on any atom is 0.151 e. The quantitative estimate of drug-likeness (QED) is 0.635. The predicted octanol–water partition coefficient (Wildman–Crippen LogP) is 4.70. The minimum Gasteiger partial charge on any atom is -0.497 e. The van der Waals surface area contributed by atoms with Crippen LogP contribution in [0.2, 0.25) is 0 Å². The van der Waals surface area contributed by atoms with Gasteiger partial charge in [0, 0.05) is 23.2 Å². The molecule has 0 radical (unpaired) electrons. The highest BCUT2D eigenvalue weighted by atomic mass is 16.5. The molecular formula is C22H24N2O3. The molecule has 1 atom stereocenters.